The minimum absolute atomic E-state index is 0.0888. The van der Waals surface area contributed by atoms with Crippen LogP contribution in [0.2, 0.25) is 0 Å². The van der Waals surface area contributed by atoms with Gasteiger partial charge in [-0.25, -0.2) is 4.39 Å². The van der Waals surface area contributed by atoms with Crippen LogP contribution in [0.1, 0.15) is 19.8 Å². The fourth-order valence-electron chi connectivity index (χ4n) is 2.83. The second-order valence-electron chi connectivity index (χ2n) is 5.47. The van der Waals surface area contributed by atoms with Crippen LogP contribution in [-0.4, -0.2) is 24.1 Å². The summed E-state index contributed by atoms with van der Waals surface area (Å²) in [5, 5.41) is 11.8. The number of hydrogen-bond acceptors (Lipinski definition) is 3. The lowest BCUT2D eigenvalue weighted by molar-refractivity contribution is -0.145. The zero-order valence-electron chi connectivity index (χ0n) is 11.9. The van der Waals surface area contributed by atoms with Gasteiger partial charge in [0.15, 0.2) is 11.6 Å². The Labute approximate surface area is 122 Å². The highest BCUT2D eigenvalue weighted by molar-refractivity contribution is 5.95. The fraction of sp³-hybridized carbons (Fsp3) is 0.467. The maximum Gasteiger partial charge on any atom is 0.307 e. The first-order valence-electron chi connectivity index (χ1n) is 6.79. The molecule has 5 nitrogen and oxygen atoms in total. The van der Waals surface area contributed by atoms with Crippen LogP contribution in [0.4, 0.5) is 10.1 Å². The van der Waals surface area contributed by atoms with E-state index in [-0.39, 0.29) is 17.6 Å². The smallest absolute Gasteiger partial charge is 0.307 e. The third-order valence-electron chi connectivity index (χ3n) is 3.87. The molecule has 1 saturated carbocycles. The van der Waals surface area contributed by atoms with Crippen molar-refractivity contribution in [2.24, 2.45) is 17.8 Å². The molecule has 1 fully saturated rings. The van der Waals surface area contributed by atoms with Crippen LogP contribution in [0.5, 0.6) is 5.75 Å². The summed E-state index contributed by atoms with van der Waals surface area (Å²) in [5.74, 6) is -2.90. The number of hydrogen-bond donors (Lipinski definition) is 2. The Morgan fingerprint density at radius 2 is 2.00 bits per heavy atom. The standard InChI is InChI=1S/C15H18FNO4/c1-8-5-10(11(6-8)15(19)20)14(18)17-9-3-4-13(21-2)12(16)7-9/h3-4,7-8,10-11H,5-6H2,1-2H3,(H,17,18)(H,19,20)/t8?,10-,11+/m0/s1. The van der Waals surface area contributed by atoms with Crippen LogP contribution >= 0.6 is 0 Å². The number of carbonyl (C=O) groups is 2. The van der Waals surface area contributed by atoms with Gasteiger partial charge < -0.3 is 15.2 Å². The molecule has 1 aliphatic carbocycles. The van der Waals surface area contributed by atoms with Gasteiger partial charge in [-0.15, -0.1) is 0 Å². The number of aliphatic carboxylic acids is 1. The Hall–Kier alpha value is -2.11. The van der Waals surface area contributed by atoms with Gasteiger partial charge in [0, 0.05) is 11.8 Å². The van der Waals surface area contributed by atoms with E-state index in [0.29, 0.717) is 18.5 Å². The van der Waals surface area contributed by atoms with Crippen molar-refractivity contribution in [2.75, 3.05) is 12.4 Å². The Bertz CT molecular complexity index is 561. The van der Waals surface area contributed by atoms with Gasteiger partial charge in [-0.3, -0.25) is 9.59 Å². The number of rotatable bonds is 4. The highest BCUT2D eigenvalue weighted by Crippen LogP contribution is 2.37. The Morgan fingerprint density at radius 3 is 2.57 bits per heavy atom. The van der Waals surface area contributed by atoms with Crippen LogP contribution in [0.25, 0.3) is 0 Å². The van der Waals surface area contributed by atoms with Crippen LogP contribution in [0, 0.1) is 23.6 Å². The molecule has 0 aliphatic heterocycles. The second-order valence-corrected chi connectivity index (χ2v) is 5.47. The monoisotopic (exact) mass is 295 g/mol. The molecule has 0 bridgehead atoms. The molecule has 0 heterocycles. The molecular formula is C15H18FNO4. The van der Waals surface area contributed by atoms with Crippen LogP contribution in [0.3, 0.4) is 0 Å². The fourth-order valence-corrected chi connectivity index (χ4v) is 2.83. The summed E-state index contributed by atoms with van der Waals surface area (Å²) in [5.41, 5.74) is 0.294. The predicted molar refractivity (Wildman–Crippen MR) is 74.6 cm³/mol. The number of ether oxygens (including phenoxy) is 1. The number of carboxylic acids is 1. The van der Waals surface area contributed by atoms with E-state index in [0.717, 1.165) is 6.07 Å². The molecular weight excluding hydrogens is 277 g/mol. The van der Waals surface area contributed by atoms with Gasteiger partial charge in [0.05, 0.1) is 18.9 Å². The molecule has 0 radical (unpaired) electrons. The molecule has 1 amide bonds. The zero-order valence-corrected chi connectivity index (χ0v) is 11.9. The summed E-state index contributed by atoms with van der Waals surface area (Å²) in [4.78, 5) is 23.4. The van der Waals surface area contributed by atoms with E-state index in [4.69, 9.17) is 4.74 Å². The molecule has 0 spiro atoms. The summed E-state index contributed by atoms with van der Waals surface area (Å²) < 4.78 is 18.4. The summed E-state index contributed by atoms with van der Waals surface area (Å²) in [6.45, 7) is 1.93. The average molecular weight is 295 g/mol. The van der Waals surface area contributed by atoms with Crippen LogP contribution in [-0.2, 0) is 9.59 Å². The summed E-state index contributed by atoms with van der Waals surface area (Å²) in [7, 11) is 1.36. The van der Waals surface area contributed by atoms with Crippen molar-refractivity contribution in [3.05, 3.63) is 24.0 Å². The first-order chi connectivity index (χ1) is 9.92. The lowest BCUT2D eigenvalue weighted by Crippen LogP contribution is -2.30. The maximum absolute atomic E-state index is 13.6. The van der Waals surface area contributed by atoms with Gasteiger partial charge in [-0.2, -0.15) is 0 Å². The molecule has 1 aromatic carbocycles. The molecule has 2 rings (SSSR count). The SMILES string of the molecule is COc1ccc(NC(=O)[C@H]2CC(C)C[C@H]2C(=O)O)cc1F. The molecule has 21 heavy (non-hydrogen) atoms. The van der Waals surface area contributed by atoms with Gasteiger partial charge >= 0.3 is 5.97 Å². The predicted octanol–water partition coefficient (Wildman–Crippen LogP) is 2.52. The first kappa shape index (κ1) is 15.3. The molecule has 0 aromatic heterocycles. The van der Waals surface area contributed by atoms with E-state index in [2.05, 4.69) is 5.32 Å². The quantitative estimate of drug-likeness (QED) is 0.895. The lowest BCUT2D eigenvalue weighted by Gasteiger charge is -2.15. The van der Waals surface area contributed by atoms with E-state index in [1.54, 1.807) is 0 Å². The Kier molecular flexibility index (Phi) is 4.45. The zero-order chi connectivity index (χ0) is 15.6. The van der Waals surface area contributed by atoms with Gasteiger partial charge in [0.2, 0.25) is 5.91 Å². The third kappa shape index (κ3) is 3.32. The number of amides is 1. The average Bonchev–Trinajstić information content (AvgIpc) is 2.81. The van der Waals surface area contributed by atoms with Crippen LogP contribution < -0.4 is 10.1 Å². The summed E-state index contributed by atoms with van der Waals surface area (Å²) >= 11 is 0. The largest absolute Gasteiger partial charge is 0.494 e. The molecule has 0 saturated heterocycles. The molecule has 1 aromatic rings. The number of benzene rings is 1. The van der Waals surface area contributed by atoms with Crippen molar-refractivity contribution in [1.29, 1.82) is 0 Å². The van der Waals surface area contributed by atoms with E-state index >= 15 is 0 Å². The number of methoxy groups -OCH3 is 1. The van der Waals surface area contributed by atoms with Crippen LogP contribution in [0.15, 0.2) is 18.2 Å². The molecule has 1 aliphatic rings. The highest BCUT2D eigenvalue weighted by atomic mass is 19.1. The third-order valence-corrected chi connectivity index (χ3v) is 3.87. The molecule has 1 unspecified atom stereocenters. The number of carboxylic acid groups (broad SMARTS) is 1. The summed E-state index contributed by atoms with van der Waals surface area (Å²) in [6.07, 6.45) is 1.02. The van der Waals surface area contributed by atoms with Gasteiger partial charge in [0.25, 0.3) is 0 Å². The minimum atomic E-state index is -0.958. The number of nitrogens with one attached hydrogen (secondary N) is 1. The molecule has 2 N–H and O–H groups in total. The van der Waals surface area contributed by atoms with Crippen molar-refractivity contribution in [3.63, 3.8) is 0 Å². The molecule has 114 valence electrons. The van der Waals surface area contributed by atoms with Crippen molar-refractivity contribution in [3.8, 4) is 5.75 Å². The van der Waals surface area contributed by atoms with Gasteiger partial charge in [0.1, 0.15) is 0 Å². The Morgan fingerprint density at radius 1 is 1.33 bits per heavy atom. The number of halogens is 1. The van der Waals surface area contributed by atoms with E-state index in [9.17, 15) is 19.1 Å². The minimum Gasteiger partial charge on any atom is -0.494 e. The van der Waals surface area contributed by atoms with Crippen molar-refractivity contribution in [1.82, 2.24) is 0 Å². The maximum atomic E-state index is 13.6. The van der Waals surface area contributed by atoms with Gasteiger partial charge in [-0.1, -0.05) is 6.92 Å². The Balaban J connectivity index is 2.10. The number of carbonyl (C=O) groups excluding carboxylic acids is 1. The van der Waals surface area contributed by atoms with Crippen molar-refractivity contribution in [2.45, 2.75) is 19.8 Å². The van der Waals surface area contributed by atoms with E-state index in [1.807, 2.05) is 6.92 Å². The van der Waals surface area contributed by atoms with Crippen molar-refractivity contribution >= 4 is 17.6 Å². The molecule has 3 atom stereocenters. The van der Waals surface area contributed by atoms with Gasteiger partial charge in [-0.05, 0) is 30.9 Å². The van der Waals surface area contributed by atoms with E-state index < -0.39 is 23.6 Å². The van der Waals surface area contributed by atoms with Crippen molar-refractivity contribution < 1.29 is 23.8 Å². The summed E-state index contributed by atoms with van der Waals surface area (Å²) in [6, 6.07) is 4.09. The normalized spacial score (nSPS) is 24.6. The molecule has 6 heteroatoms. The first-order valence-corrected chi connectivity index (χ1v) is 6.79. The second kappa shape index (κ2) is 6.11. The topological polar surface area (TPSA) is 75.6 Å². The highest BCUT2D eigenvalue weighted by Gasteiger charge is 2.41. The lowest BCUT2D eigenvalue weighted by atomic mass is 9.95. The number of anilines is 1. The van der Waals surface area contributed by atoms with E-state index in [1.165, 1.54) is 19.2 Å².